The van der Waals surface area contributed by atoms with Crippen LogP contribution in [0.4, 0.5) is 16.0 Å². The van der Waals surface area contributed by atoms with Crippen LogP contribution in [0.25, 0.3) is 22.4 Å². The molecule has 0 saturated carbocycles. The summed E-state index contributed by atoms with van der Waals surface area (Å²) in [6, 6.07) is 15.5. The lowest BCUT2D eigenvalue weighted by Crippen LogP contribution is -2.34. The monoisotopic (exact) mass is 594 g/mol. The van der Waals surface area contributed by atoms with Gasteiger partial charge in [0.25, 0.3) is 0 Å². The molecule has 13 heteroatoms. The van der Waals surface area contributed by atoms with Gasteiger partial charge in [0.15, 0.2) is 12.5 Å². The number of nitrogens with two attached hydrogens (primary N) is 1. The fourth-order valence-electron chi connectivity index (χ4n) is 5.49. The molecule has 2 aromatic carbocycles. The van der Waals surface area contributed by atoms with E-state index in [0.29, 0.717) is 63.8 Å². The van der Waals surface area contributed by atoms with Crippen LogP contribution in [0.1, 0.15) is 35.7 Å². The highest BCUT2D eigenvalue weighted by Gasteiger charge is 2.48. The Balaban J connectivity index is 1.25. The molecule has 0 fully saturated rings. The lowest BCUT2D eigenvalue weighted by atomic mass is 9.80. The molecule has 0 spiro atoms. The molecule has 2 aliphatic heterocycles. The van der Waals surface area contributed by atoms with Gasteiger partial charge >= 0.3 is 0 Å². The van der Waals surface area contributed by atoms with Gasteiger partial charge in [-0.1, -0.05) is 35.9 Å². The maximum absolute atomic E-state index is 14.5. The Morgan fingerprint density at radius 3 is 2.74 bits per heavy atom. The summed E-state index contributed by atoms with van der Waals surface area (Å²) in [6.07, 6.45) is 3.09. The number of halogens is 2. The van der Waals surface area contributed by atoms with Gasteiger partial charge in [-0.05, 0) is 49.2 Å². The first kappa shape index (κ1) is 26.8. The van der Waals surface area contributed by atoms with Gasteiger partial charge in [0.2, 0.25) is 5.91 Å². The van der Waals surface area contributed by atoms with E-state index in [1.807, 2.05) is 12.1 Å². The van der Waals surface area contributed by atoms with Crippen molar-refractivity contribution in [3.63, 3.8) is 0 Å². The molecule has 2 aliphatic rings. The number of aliphatic imine (C=N–C) groups is 1. The fraction of sp³-hybridized carbons (Fsp3) is 0.200. The normalized spacial score (nSPS) is 17.4. The molecule has 11 nitrogen and oxygen atoms in total. The number of aryl methyl sites for hydroxylation is 1. The van der Waals surface area contributed by atoms with E-state index in [9.17, 15) is 9.18 Å². The quantitative estimate of drug-likeness (QED) is 0.260. The third kappa shape index (κ3) is 4.59. The number of hydrogen-bond acceptors (Lipinski definition) is 9. The van der Waals surface area contributed by atoms with Crippen molar-refractivity contribution in [2.24, 2.45) is 15.2 Å². The predicted molar refractivity (Wildman–Crippen MR) is 160 cm³/mol. The van der Waals surface area contributed by atoms with Crippen LogP contribution in [0.5, 0.6) is 0 Å². The molecular weight excluding hydrogens is 571 g/mol. The molecule has 1 atom stereocenters. The van der Waals surface area contributed by atoms with Gasteiger partial charge in [-0.15, -0.1) is 5.11 Å². The number of nitrogens with zero attached hydrogens (tertiary/aromatic N) is 8. The number of anilines is 2. The molecule has 214 valence electrons. The van der Waals surface area contributed by atoms with Crippen LogP contribution in [-0.2, 0) is 23.2 Å². The Labute approximate surface area is 249 Å². The van der Waals surface area contributed by atoms with Crippen molar-refractivity contribution >= 4 is 45.9 Å². The molecular formula is C30H24ClFN10O. The van der Waals surface area contributed by atoms with Crippen LogP contribution in [0, 0.1) is 5.82 Å². The summed E-state index contributed by atoms with van der Waals surface area (Å²) >= 11 is 6.31. The number of nitrogen functional groups attached to an aromatic ring is 1. The van der Waals surface area contributed by atoms with Crippen molar-refractivity contribution < 1.29 is 9.18 Å². The van der Waals surface area contributed by atoms with E-state index in [0.717, 1.165) is 5.56 Å². The molecule has 1 amide bonds. The minimum Gasteiger partial charge on any atom is -0.383 e. The Kier molecular flexibility index (Phi) is 6.42. The van der Waals surface area contributed by atoms with Crippen molar-refractivity contribution in [2.45, 2.75) is 31.7 Å². The molecule has 0 radical (unpaired) electrons. The van der Waals surface area contributed by atoms with E-state index in [-0.39, 0.29) is 35.7 Å². The smallest absolute Gasteiger partial charge is 0.242 e. The second-order valence-corrected chi connectivity index (χ2v) is 10.9. The van der Waals surface area contributed by atoms with Crippen LogP contribution in [0.2, 0.25) is 5.02 Å². The second kappa shape index (κ2) is 10.3. The van der Waals surface area contributed by atoms with Crippen molar-refractivity contribution in [3.8, 4) is 11.5 Å². The van der Waals surface area contributed by atoms with Crippen LogP contribution >= 0.6 is 11.6 Å². The first-order chi connectivity index (χ1) is 20.8. The number of hydrogen-bond donors (Lipinski definition) is 2. The number of pyridine rings is 1. The highest BCUT2D eigenvalue weighted by molar-refractivity contribution is 6.31. The van der Waals surface area contributed by atoms with Gasteiger partial charge < -0.3 is 11.1 Å². The van der Waals surface area contributed by atoms with E-state index in [4.69, 9.17) is 27.4 Å². The van der Waals surface area contributed by atoms with E-state index in [1.165, 1.54) is 6.07 Å². The number of fused-ring (bicyclic) bond motifs is 2. The zero-order chi connectivity index (χ0) is 29.7. The summed E-state index contributed by atoms with van der Waals surface area (Å²) in [5, 5.41) is 16.7. The lowest BCUT2D eigenvalue weighted by molar-refractivity contribution is -0.119. The minimum absolute atomic E-state index is 0.127. The number of benzene rings is 2. The third-order valence-corrected chi connectivity index (χ3v) is 8.04. The first-order valence-electron chi connectivity index (χ1n) is 13.6. The second-order valence-electron chi connectivity index (χ2n) is 10.5. The van der Waals surface area contributed by atoms with Crippen molar-refractivity contribution in [3.05, 3.63) is 94.0 Å². The number of amidine groups is 1. The topological polar surface area (TPSA) is 149 Å². The Hall–Kier alpha value is -5.10. The maximum Gasteiger partial charge on any atom is 0.242 e. The number of amides is 1. The van der Waals surface area contributed by atoms with Gasteiger partial charge in [0, 0.05) is 28.6 Å². The average Bonchev–Trinajstić information content (AvgIpc) is 3.71. The number of azo groups is 1. The van der Waals surface area contributed by atoms with Gasteiger partial charge in [-0.2, -0.15) is 10.2 Å². The summed E-state index contributed by atoms with van der Waals surface area (Å²) in [5.74, 6) is 0.692. The van der Waals surface area contributed by atoms with Crippen LogP contribution < -0.4 is 11.1 Å². The standard InChI is InChI=1S/C30H24ClFN10O/c1-30(22-10-6-16(13-34-22)7-11-23-35-15-36-40-23)24-26(33)37-28(38-27(24)39-29(30)43)25-19-9-8-18(31)12-21(19)42(41-25)14-17-4-2-3-5-20(17)32/h2-6,8-10,12-13H,7,11,14-15H2,1H3,(H3,33,37,38,39,43). The van der Waals surface area contributed by atoms with E-state index in [1.54, 1.807) is 54.2 Å². The molecule has 3 N–H and O–H groups in total. The molecule has 5 aromatic rings. The molecule has 5 heterocycles. The molecule has 0 bridgehead atoms. The summed E-state index contributed by atoms with van der Waals surface area (Å²) in [5.41, 5.74) is 8.84. The highest BCUT2D eigenvalue weighted by atomic mass is 35.5. The first-order valence-corrected chi connectivity index (χ1v) is 13.9. The number of carbonyl (C=O) groups excluding carboxylic acids is 1. The number of rotatable bonds is 7. The Morgan fingerprint density at radius 1 is 1.12 bits per heavy atom. The Morgan fingerprint density at radius 2 is 1.98 bits per heavy atom. The number of carbonyl (C=O) groups is 1. The van der Waals surface area contributed by atoms with E-state index >= 15 is 0 Å². The molecule has 7 rings (SSSR count). The van der Waals surface area contributed by atoms with Gasteiger partial charge in [0.05, 0.1) is 23.3 Å². The number of nitrogens with one attached hydrogen (secondary N) is 1. The summed E-state index contributed by atoms with van der Waals surface area (Å²) in [4.78, 5) is 31.6. The predicted octanol–water partition coefficient (Wildman–Crippen LogP) is 5.32. The molecule has 43 heavy (non-hydrogen) atoms. The third-order valence-electron chi connectivity index (χ3n) is 7.80. The molecule has 3 aromatic heterocycles. The maximum atomic E-state index is 14.5. The van der Waals surface area contributed by atoms with Crippen LogP contribution in [0.3, 0.4) is 0 Å². The molecule has 0 aliphatic carbocycles. The number of aromatic nitrogens is 5. The van der Waals surface area contributed by atoms with Crippen molar-refractivity contribution in [2.75, 3.05) is 17.7 Å². The van der Waals surface area contributed by atoms with Gasteiger partial charge in [0.1, 0.15) is 34.4 Å². The van der Waals surface area contributed by atoms with E-state index in [2.05, 4.69) is 30.5 Å². The van der Waals surface area contributed by atoms with Crippen LogP contribution in [-0.4, -0.2) is 43.1 Å². The Bertz CT molecular complexity index is 1990. The fourth-order valence-corrected chi connectivity index (χ4v) is 5.66. The summed E-state index contributed by atoms with van der Waals surface area (Å²) in [6.45, 7) is 2.30. The van der Waals surface area contributed by atoms with Gasteiger partial charge in [-0.3, -0.25) is 14.5 Å². The highest BCUT2D eigenvalue weighted by Crippen LogP contribution is 2.44. The molecule has 1 unspecified atom stereocenters. The lowest BCUT2D eigenvalue weighted by Gasteiger charge is -2.22. The zero-order valence-electron chi connectivity index (χ0n) is 22.9. The molecule has 0 saturated heterocycles. The van der Waals surface area contributed by atoms with E-state index < -0.39 is 5.41 Å². The van der Waals surface area contributed by atoms with Crippen LogP contribution in [0.15, 0.2) is 76.0 Å². The summed E-state index contributed by atoms with van der Waals surface area (Å²) < 4.78 is 16.1. The minimum atomic E-state index is -1.21. The SMILES string of the molecule is CC1(c2ccc(CCC3=NCN=N3)cn2)C(=O)Nc2nc(-c3nn(Cc4ccccc4F)c4cc(Cl)ccc34)nc(N)c21. The van der Waals surface area contributed by atoms with Crippen molar-refractivity contribution in [1.82, 2.24) is 24.7 Å². The largest absolute Gasteiger partial charge is 0.383 e. The van der Waals surface area contributed by atoms with Gasteiger partial charge in [-0.25, -0.2) is 19.4 Å². The van der Waals surface area contributed by atoms with Crippen molar-refractivity contribution in [1.29, 1.82) is 0 Å². The summed E-state index contributed by atoms with van der Waals surface area (Å²) in [7, 11) is 0. The zero-order valence-corrected chi connectivity index (χ0v) is 23.7. The average molecular weight is 595 g/mol.